The molecule has 0 saturated carbocycles. The van der Waals surface area contributed by atoms with Gasteiger partial charge in [-0.25, -0.2) is 9.59 Å². The SMILES string of the molecule is C[C@@H](C(=O)NC(C(=O)N1CC(NC(=O)c2ccc(C(=O)Nc3ccc4c(c3)CN(C(=O)C(NC(=O)[C@H](C)N(C)C(=O)OC(C)(C)C)C(C)(C)SCC(=O)O)C(C(=O)NC3CCCc5ccccc53)C4)cc2)CC1C(=O)NC1CCCc2ccccc21)C(C)(C)C)N(C)C(=O)OC(C)(C)C. The van der Waals surface area contributed by atoms with Crippen molar-refractivity contribution in [2.24, 2.45) is 5.41 Å². The van der Waals surface area contributed by atoms with Crippen molar-refractivity contribution in [3.8, 4) is 0 Å². The molecule has 10 amide bonds. The van der Waals surface area contributed by atoms with Gasteiger partial charge in [0.2, 0.25) is 35.4 Å². The lowest BCUT2D eigenvalue weighted by Gasteiger charge is -2.42. The van der Waals surface area contributed by atoms with Gasteiger partial charge in [-0.1, -0.05) is 75.4 Å². The molecule has 1 saturated heterocycles. The molecule has 0 spiro atoms. The minimum Gasteiger partial charge on any atom is -0.481 e. The maximum absolute atomic E-state index is 15.5. The van der Waals surface area contributed by atoms with Gasteiger partial charge in [0.05, 0.1) is 17.8 Å². The molecule has 9 atom stereocenters. The number of benzene rings is 4. The van der Waals surface area contributed by atoms with Crippen LogP contribution in [0.2, 0.25) is 0 Å². The molecule has 0 aromatic heterocycles. The number of hydrogen-bond donors (Lipinski definition) is 7. The van der Waals surface area contributed by atoms with Gasteiger partial charge < -0.3 is 56.3 Å². The first-order valence-electron chi connectivity index (χ1n) is 33.9. The van der Waals surface area contributed by atoms with Crippen LogP contribution in [0.1, 0.15) is 188 Å². The van der Waals surface area contributed by atoms with Crippen LogP contribution in [0.5, 0.6) is 0 Å². The van der Waals surface area contributed by atoms with Crippen LogP contribution >= 0.6 is 11.8 Å². The van der Waals surface area contributed by atoms with E-state index in [0.717, 1.165) is 69.5 Å². The summed E-state index contributed by atoms with van der Waals surface area (Å²) >= 11 is 0.922. The predicted octanol–water partition coefficient (Wildman–Crippen LogP) is 8.40. The van der Waals surface area contributed by atoms with E-state index in [-0.39, 0.29) is 49.1 Å². The van der Waals surface area contributed by atoms with Crippen molar-refractivity contribution in [1.29, 1.82) is 0 Å². The van der Waals surface area contributed by atoms with E-state index in [2.05, 4.69) is 31.9 Å². The molecule has 7 unspecified atom stereocenters. The Labute approximate surface area is 584 Å². The van der Waals surface area contributed by atoms with E-state index in [0.29, 0.717) is 29.7 Å². The summed E-state index contributed by atoms with van der Waals surface area (Å²) in [4.78, 5) is 160. The third kappa shape index (κ3) is 19.1. The standard InChI is InChI=1S/C74H98N10O14S/c1-42(81(14)69(95)97-72(6,7)8)61(87)79-59(71(3,4)5)67(93)84-40-51(38-57(84)66(92)78-55-29-21-25-45-23-17-19-27-53(45)55)76-64(90)47-32-30-46(31-33-47)63(89)75-50-35-34-48-37-56(65(91)77-54-28-20-24-44-22-16-18-26-52(44)54)83(39-49(48)36-50)68(94)60(74(12,13)99-41-58(85)86)80-62(88)43(2)82(15)70(96)98-73(9,10)11/h16-19,22-23,26-27,30-36,42-43,51,54-57,59-60H,20-21,24-25,28-29,37-41H2,1-15H3,(H,75,89)(H,76,90)(H,77,91)(H,78,92)(H,79,87)(H,80,88)(H,85,86)/t42-,43-,51?,54?,55?,56?,57?,59?,60?/m0/s1. The zero-order valence-electron chi connectivity index (χ0n) is 59.6. The molecular formula is C74H98N10O14S. The summed E-state index contributed by atoms with van der Waals surface area (Å²) in [6.45, 7) is 21.5. The zero-order valence-corrected chi connectivity index (χ0v) is 60.4. The van der Waals surface area contributed by atoms with E-state index in [9.17, 15) is 48.3 Å². The van der Waals surface area contributed by atoms with Gasteiger partial charge in [0, 0.05) is 61.2 Å². The highest BCUT2D eigenvalue weighted by Crippen LogP contribution is 2.37. The second kappa shape index (κ2) is 31.0. The Morgan fingerprint density at radius 1 is 0.576 bits per heavy atom. The van der Waals surface area contributed by atoms with Gasteiger partial charge in [-0.15, -0.1) is 11.8 Å². The van der Waals surface area contributed by atoms with E-state index < -0.39 is 135 Å². The number of likely N-dealkylation sites (N-methyl/N-ethyl adjacent to an activating group) is 2. The van der Waals surface area contributed by atoms with Gasteiger partial charge in [-0.05, 0) is 189 Å². The van der Waals surface area contributed by atoms with Crippen LogP contribution in [-0.4, -0.2) is 175 Å². The number of hydrogen-bond acceptors (Lipinski definition) is 14. The fourth-order valence-corrected chi connectivity index (χ4v) is 13.7. The van der Waals surface area contributed by atoms with Gasteiger partial charge in [0.1, 0.15) is 47.5 Å². The third-order valence-corrected chi connectivity index (χ3v) is 20.0. The van der Waals surface area contributed by atoms with E-state index >= 15 is 9.59 Å². The van der Waals surface area contributed by atoms with E-state index in [4.69, 9.17) is 9.47 Å². The lowest BCUT2D eigenvalue weighted by Crippen LogP contribution is -2.64. The number of fused-ring (bicyclic) bond motifs is 3. The molecule has 2 heterocycles. The van der Waals surface area contributed by atoms with E-state index in [1.807, 2.05) is 48.5 Å². The molecule has 4 aromatic rings. The fraction of sp³-hybridized carbons (Fsp3) is 0.527. The number of likely N-dealkylation sites (tertiary alicyclic amines) is 1. The summed E-state index contributed by atoms with van der Waals surface area (Å²) in [7, 11) is 2.82. The van der Waals surface area contributed by atoms with Crippen LogP contribution in [-0.2, 0) is 68.8 Å². The van der Waals surface area contributed by atoms with Gasteiger partial charge in [-0.3, -0.25) is 53.0 Å². The van der Waals surface area contributed by atoms with E-state index in [1.54, 1.807) is 94.4 Å². The number of nitrogens with zero attached hydrogens (tertiary/aromatic N) is 4. The van der Waals surface area contributed by atoms with Crippen molar-refractivity contribution in [1.82, 2.24) is 46.2 Å². The lowest BCUT2D eigenvalue weighted by atomic mass is 9.85. The van der Waals surface area contributed by atoms with Crippen molar-refractivity contribution in [2.75, 3.05) is 31.7 Å². The molecule has 8 rings (SSSR count). The molecule has 534 valence electrons. The first kappa shape index (κ1) is 75.8. The maximum Gasteiger partial charge on any atom is 0.410 e. The Kier molecular flexibility index (Phi) is 23.8. The number of aryl methyl sites for hydroxylation is 2. The van der Waals surface area contributed by atoms with Crippen LogP contribution in [0.4, 0.5) is 15.3 Å². The topological polar surface area (TPSA) is 312 Å². The molecule has 0 bridgehead atoms. The van der Waals surface area contributed by atoms with Gasteiger partial charge in [0.25, 0.3) is 11.8 Å². The highest BCUT2D eigenvalue weighted by Gasteiger charge is 2.49. The Balaban J connectivity index is 1.01. The van der Waals surface area contributed by atoms with Crippen LogP contribution < -0.4 is 31.9 Å². The fourth-order valence-electron chi connectivity index (χ4n) is 12.9. The van der Waals surface area contributed by atoms with Gasteiger partial charge >= 0.3 is 18.2 Å². The molecule has 24 nitrogen and oxygen atoms in total. The number of aliphatic carboxylic acids is 1. The summed E-state index contributed by atoms with van der Waals surface area (Å²) in [5, 5.41) is 27.9. The second-order valence-corrected chi connectivity index (χ2v) is 31.6. The van der Waals surface area contributed by atoms with Crippen molar-refractivity contribution >= 4 is 82.9 Å². The number of carbonyl (C=O) groups is 11. The largest absolute Gasteiger partial charge is 0.481 e. The molecule has 7 N–H and O–H groups in total. The summed E-state index contributed by atoms with van der Waals surface area (Å²) < 4.78 is 9.71. The van der Waals surface area contributed by atoms with Gasteiger partial charge in [-0.2, -0.15) is 0 Å². The Hall–Kier alpha value is -9.00. The number of carbonyl (C=O) groups excluding carboxylic acids is 10. The van der Waals surface area contributed by atoms with Crippen LogP contribution in [0.15, 0.2) is 91.0 Å². The van der Waals surface area contributed by atoms with Crippen molar-refractivity contribution in [2.45, 2.75) is 218 Å². The van der Waals surface area contributed by atoms with E-state index in [1.165, 1.54) is 62.0 Å². The number of nitrogens with one attached hydrogen (secondary N) is 6. The molecule has 0 radical (unpaired) electrons. The molecule has 2 aliphatic carbocycles. The number of thioether (sulfide) groups is 1. The van der Waals surface area contributed by atoms with Crippen LogP contribution in [0.25, 0.3) is 0 Å². The summed E-state index contributed by atoms with van der Waals surface area (Å²) in [5.41, 5.74) is 3.53. The average Bonchev–Trinajstić information content (AvgIpc) is 1.58. The Morgan fingerprint density at radius 3 is 1.55 bits per heavy atom. The Bertz CT molecular complexity index is 3730. The summed E-state index contributed by atoms with van der Waals surface area (Å²) in [6.07, 6.45) is 3.24. The molecular weight excluding hydrogens is 1280 g/mol. The zero-order chi connectivity index (χ0) is 72.8. The minimum atomic E-state index is -1.45. The van der Waals surface area contributed by atoms with Gasteiger partial charge in [0.15, 0.2) is 0 Å². The minimum absolute atomic E-state index is 0.0322. The molecule has 1 fully saturated rings. The highest BCUT2D eigenvalue weighted by atomic mass is 32.2. The number of anilines is 1. The number of rotatable bonds is 20. The van der Waals surface area contributed by atoms with Crippen LogP contribution in [0, 0.1) is 5.41 Å². The summed E-state index contributed by atoms with van der Waals surface area (Å²) in [6, 6.07) is 18.3. The highest BCUT2D eigenvalue weighted by molar-refractivity contribution is 8.01. The number of carboxylic acids is 1. The number of ether oxygens (including phenoxy) is 2. The second-order valence-electron chi connectivity index (χ2n) is 30.0. The molecule has 25 heteroatoms. The molecule has 4 aromatic carbocycles. The predicted molar refractivity (Wildman–Crippen MR) is 375 cm³/mol. The first-order valence-corrected chi connectivity index (χ1v) is 34.9. The molecule has 2 aliphatic heterocycles. The van der Waals surface area contributed by atoms with Crippen molar-refractivity contribution < 1.29 is 67.3 Å². The van der Waals surface area contributed by atoms with Crippen molar-refractivity contribution in [3.05, 3.63) is 136 Å². The normalized spacial score (nSPS) is 19.5. The molecule has 4 aliphatic rings. The van der Waals surface area contributed by atoms with Crippen molar-refractivity contribution in [3.63, 3.8) is 0 Å². The third-order valence-electron chi connectivity index (χ3n) is 18.7. The summed E-state index contributed by atoms with van der Waals surface area (Å²) in [5.74, 6) is -6.16. The number of amides is 10. The maximum atomic E-state index is 15.5. The quantitative estimate of drug-likeness (QED) is 0.0437. The van der Waals surface area contributed by atoms with Crippen LogP contribution in [0.3, 0.4) is 0 Å². The lowest BCUT2D eigenvalue weighted by molar-refractivity contribution is -0.145. The first-order chi connectivity index (χ1) is 46.3. The molecule has 99 heavy (non-hydrogen) atoms. The number of carboxylic acid groups (broad SMARTS) is 1. The smallest absolute Gasteiger partial charge is 0.410 e. The monoisotopic (exact) mass is 1380 g/mol. The average molecular weight is 1380 g/mol. The Morgan fingerprint density at radius 2 is 1.05 bits per heavy atom.